The van der Waals surface area contributed by atoms with Gasteiger partial charge in [-0.3, -0.25) is 0 Å². The molecular weight excluding hydrogens is 448 g/mol. The van der Waals surface area contributed by atoms with Gasteiger partial charge < -0.3 is 4.74 Å². The lowest BCUT2D eigenvalue weighted by Gasteiger charge is -2.12. The summed E-state index contributed by atoms with van der Waals surface area (Å²) in [5.74, 6) is -1.81. The Bertz CT molecular complexity index is 1260. The number of hydrogen-bond donors (Lipinski definition) is 0. The first-order valence-electron chi connectivity index (χ1n) is 8.60. The Morgan fingerprint density at radius 1 is 0.968 bits per heavy atom. The van der Waals surface area contributed by atoms with E-state index >= 15 is 0 Å². The van der Waals surface area contributed by atoms with Crippen molar-refractivity contribution in [1.82, 2.24) is 9.97 Å². The number of halogens is 1. The van der Waals surface area contributed by atoms with Crippen LogP contribution in [-0.4, -0.2) is 43.7 Å². The zero-order chi connectivity index (χ0) is 22.6. The number of para-hydroxylation sites is 1. The number of aromatic nitrogens is 2. The van der Waals surface area contributed by atoms with Gasteiger partial charge in [-0.15, -0.1) is 0 Å². The third kappa shape index (κ3) is 5.16. The minimum absolute atomic E-state index is 0.0461. The molecule has 1 aromatic heterocycles. The summed E-state index contributed by atoms with van der Waals surface area (Å²) >= 11 is 5.82. The Hall–Kier alpha value is -3.50. The average Bonchev–Trinajstić information content (AvgIpc) is 2.76. The molecule has 0 N–H and O–H groups in total. The fourth-order valence-corrected chi connectivity index (χ4v) is 3.23. The SMILES string of the molecule is COc1ccccc1-c1cnc(S(C)(=O)=O)nc1C(=O)OOC(=O)c1cccc(Cl)c1. The smallest absolute Gasteiger partial charge is 0.405 e. The maximum Gasteiger partial charge on any atom is 0.405 e. The van der Waals surface area contributed by atoms with Crippen molar-refractivity contribution in [3.63, 3.8) is 0 Å². The van der Waals surface area contributed by atoms with Gasteiger partial charge in [0.25, 0.3) is 0 Å². The van der Waals surface area contributed by atoms with Crippen molar-refractivity contribution in [2.45, 2.75) is 5.16 Å². The molecule has 0 aliphatic heterocycles. The fourth-order valence-electron chi connectivity index (χ4n) is 2.54. The number of ether oxygens (including phenoxy) is 1. The molecule has 2 aromatic carbocycles. The highest BCUT2D eigenvalue weighted by Crippen LogP contribution is 2.31. The highest BCUT2D eigenvalue weighted by Gasteiger charge is 2.25. The Balaban J connectivity index is 1.97. The summed E-state index contributed by atoms with van der Waals surface area (Å²) in [5, 5.41) is -0.313. The summed E-state index contributed by atoms with van der Waals surface area (Å²) in [4.78, 5) is 41.6. The van der Waals surface area contributed by atoms with Crippen molar-refractivity contribution in [1.29, 1.82) is 0 Å². The van der Waals surface area contributed by atoms with Gasteiger partial charge in [0.15, 0.2) is 5.69 Å². The van der Waals surface area contributed by atoms with E-state index < -0.39 is 32.6 Å². The average molecular weight is 463 g/mol. The van der Waals surface area contributed by atoms with Crippen LogP contribution in [0, 0.1) is 0 Å². The molecule has 0 saturated carbocycles. The van der Waals surface area contributed by atoms with E-state index in [0.29, 0.717) is 11.3 Å². The molecule has 3 rings (SSSR count). The summed E-state index contributed by atoms with van der Waals surface area (Å²) in [7, 11) is -2.41. The van der Waals surface area contributed by atoms with Gasteiger partial charge >= 0.3 is 11.9 Å². The summed E-state index contributed by atoms with van der Waals surface area (Å²) < 4.78 is 29.0. The van der Waals surface area contributed by atoms with E-state index in [9.17, 15) is 18.0 Å². The monoisotopic (exact) mass is 462 g/mol. The van der Waals surface area contributed by atoms with Crippen molar-refractivity contribution in [2.75, 3.05) is 13.4 Å². The first kappa shape index (κ1) is 22.2. The molecule has 160 valence electrons. The van der Waals surface area contributed by atoms with Gasteiger partial charge in [0, 0.05) is 28.6 Å². The van der Waals surface area contributed by atoms with Gasteiger partial charge in [-0.2, -0.15) is 0 Å². The topological polar surface area (TPSA) is 122 Å². The van der Waals surface area contributed by atoms with Gasteiger partial charge in [0.1, 0.15) is 5.75 Å². The lowest BCUT2D eigenvalue weighted by atomic mass is 10.0. The van der Waals surface area contributed by atoms with Gasteiger partial charge in [-0.05, 0) is 24.3 Å². The van der Waals surface area contributed by atoms with E-state index in [4.69, 9.17) is 16.3 Å². The summed E-state index contributed by atoms with van der Waals surface area (Å²) in [6.45, 7) is 0. The molecule has 0 unspecified atom stereocenters. The normalized spacial score (nSPS) is 10.9. The number of nitrogens with zero attached hydrogens (tertiary/aromatic N) is 2. The third-order valence-electron chi connectivity index (χ3n) is 3.94. The van der Waals surface area contributed by atoms with Gasteiger partial charge in [-0.1, -0.05) is 35.9 Å². The predicted molar refractivity (Wildman–Crippen MR) is 109 cm³/mol. The number of carbonyl (C=O) groups excluding carboxylic acids is 2. The molecule has 9 nitrogen and oxygen atoms in total. The molecule has 0 bridgehead atoms. The van der Waals surface area contributed by atoms with E-state index in [2.05, 4.69) is 19.7 Å². The Morgan fingerprint density at radius 3 is 2.35 bits per heavy atom. The van der Waals surface area contributed by atoms with E-state index in [0.717, 1.165) is 12.5 Å². The van der Waals surface area contributed by atoms with E-state index in [1.165, 1.54) is 25.3 Å². The van der Waals surface area contributed by atoms with Crippen LogP contribution in [0.15, 0.2) is 59.9 Å². The van der Waals surface area contributed by atoms with Crippen LogP contribution in [0.25, 0.3) is 11.1 Å². The van der Waals surface area contributed by atoms with Crippen LogP contribution in [-0.2, 0) is 19.6 Å². The Labute approximate surface area is 182 Å². The maximum atomic E-state index is 12.7. The minimum atomic E-state index is -3.84. The molecule has 0 saturated heterocycles. The first-order chi connectivity index (χ1) is 14.7. The third-order valence-corrected chi connectivity index (χ3v) is 5.04. The van der Waals surface area contributed by atoms with Crippen LogP contribution < -0.4 is 4.74 Å². The summed E-state index contributed by atoms with van der Waals surface area (Å²) in [6, 6.07) is 12.4. The molecule has 11 heteroatoms. The van der Waals surface area contributed by atoms with Gasteiger partial charge in [0.05, 0.1) is 12.7 Å². The highest BCUT2D eigenvalue weighted by atomic mass is 35.5. The molecule has 0 amide bonds. The minimum Gasteiger partial charge on any atom is -0.496 e. The molecule has 0 radical (unpaired) electrons. The molecule has 3 aromatic rings. The molecule has 1 heterocycles. The summed E-state index contributed by atoms with van der Waals surface area (Å²) in [5.41, 5.74) is 0.135. The fraction of sp³-hybridized carbons (Fsp3) is 0.100. The number of sulfone groups is 1. The van der Waals surface area contributed by atoms with Crippen LogP contribution in [0.1, 0.15) is 20.8 Å². The zero-order valence-electron chi connectivity index (χ0n) is 16.2. The van der Waals surface area contributed by atoms with E-state index in [1.54, 1.807) is 30.3 Å². The molecule has 0 spiro atoms. The first-order valence-corrected chi connectivity index (χ1v) is 10.9. The molecular formula is C20H15ClN2O7S. The van der Waals surface area contributed by atoms with Crippen LogP contribution in [0.3, 0.4) is 0 Å². The van der Waals surface area contributed by atoms with Crippen molar-refractivity contribution in [3.8, 4) is 16.9 Å². The van der Waals surface area contributed by atoms with Crippen LogP contribution in [0.2, 0.25) is 5.02 Å². The molecule has 0 fully saturated rings. The van der Waals surface area contributed by atoms with E-state index in [-0.39, 0.29) is 16.1 Å². The Kier molecular flexibility index (Phi) is 6.52. The van der Waals surface area contributed by atoms with Gasteiger partial charge in [-0.25, -0.2) is 37.7 Å². The predicted octanol–water partition coefficient (Wildman–Crippen LogP) is 3.14. The van der Waals surface area contributed by atoms with Crippen LogP contribution in [0.4, 0.5) is 0 Å². The Morgan fingerprint density at radius 2 is 1.68 bits per heavy atom. The van der Waals surface area contributed by atoms with Crippen molar-refractivity contribution in [3.05, 3.63) is 71.0 Å². The molecule has 0 aliphatic carbocycles. The second-order valence-electron chi connectivity index (χ2n) is 6.14. The van der Waals surface area contributed by atoms with Crippen molar-refractivity contribution >= 4 is 33.4 Å². The van der Waals surface area contributed by atoms with Crippen molar-refractivity contribution < 1.29 is 32.5 Å². The quantitative estimate of drug-likeness (QED) is 0.319. The maximum absolute atomic E-state index is 12.7. The highest BCUT2D eigenvalue weighted by molar-refractivity contribution is 7.90. The molecule has 0 aliphatic rings. The second kappa shape index (κ2) is 9.11. The summed E-state index contributed by atoms with van der Waals surface area (Å²) in [6.07, 6.45) is 2.04. The van der Waals surface area contributed by atoms with Crippen molar-refractivity contribution in [2.24, 2.45) is 0 Å². The van der Waals surface area contributed by atoms with Crippen LogP contribution >= 0.6 is 11.6 Å². The lowest BCUT2D eigenvalue weighted by Crippen LogP contribution is -2.16. The van der Waals surface area contributed by atoms with Gasteiger partial charge in [0.2, 0.25) is 15.0 Å². The molecule has 31 heavy (non-hydrogen) atoms. The zero-order valence-corrected chi connectivity index (χ0v) is 17.8. The number of benzene rings is 2. The second-order valence-corrected chi connectivity index (χ2v) is 8.49. The van der Waals surface area contributed by atoms with Crippen LogP contribution in [0.5, 0.6) is 5.75 Å². The number of carbonyl (C=O) groups is 2. The number of hydrogen-bond acceptors (Lipinski definition) is 9. The molecule has 0 atom stereocenters. The standard InChI is InChI=1S/C20H15ClN2O7S/c1-28-16-9-4-3-8-14(16)15-11-22-20(31(2,26)27)23-17(15)19(25)30-29-18(24)12-6-5-7-13(21)10-12/h3-11H,1-2H3. The number of methoxy groups -OCH3 is 1. The lowest BCUT2D eigenvalue weighted by molar-refractivity contribution is -0.187. The number of rotatable bonds is 5. The van der Waals surface area contributed by atoms with E-state index in [1.807, 2.05) is 0 Å². The largest absolute Gasteiger partial charge is 0.496 e.